The van der Waals surface area contributed by atoms with Gasteiger partial charge >= 0.3 is 0 Å². The van der Waals surface area contributed by atoms with Crippen molar-refractivity contribution in [2.24, 2.45) is 5.73 Å². The number of piperidine rings is 1. The Morgan fingerprint density at radius 1 is 1.14 bits per heavy atom. The molecule has 4 nitrogen and oxygen atoms in total. The van der Waals surface area contributed by atoms with Crippen LogP contribution in [0.4, 0.5) is 0 Å². The smallest absolute Gasteiger partial charge is 0.239 e. The minimum absolute atomic E-state index is 0.114. The quantitative estimate of drug-likeness (QED) is 0.920. The van der Waals surface area contributed by atoms with Gasteiger partial charge in [-0.2, -0.15) is 0 Å². The number of nitrogens with zero attached hydrogens (tertiary/aromatic N) is 2. The minimum atomic E-state index is -0.414. The maximum atomic E-state index is 12.6. The van der Waals surface area contributed by atoms with E-state index in [-0.39, 0.29) is 5.91 Å². The van der Waals surface area contributed by atoms with Gasteiger partial charge in [0.05, 0.1) is 6.04 Å². The van der Waals surface area contributed by atoms with Crippen molar-refractivity contribution >= 4 is 5.91 Å². The van der Waals surface area contributed by atoms with Crippen molar-refractivity contribution in [1.29, 1.82) is 0 Å². The van der Waals surface area contributed by atoms with Crippen LogP contribution in [0.5, 0.6) is 0 Å². The van der Waals surface area contributed by atoms with Crippen LogP contribution < -0.4 is 5.73 Å². The lowest BCUT2D eigenvalue weighted by Crippen LogP contribution is -2.46. The van der Waals surface area contributed by atoms with E-state index in [1.807, 2.05) is 35.2 Å². The Hall–Kier alpha value is -1.39. The molecular formula is C18H27N3O. The number of benzene rings is 1. The maximum absolute atomic E-state index is 12.6. The first-order chi connectivity index (χ1) is 10.7. The molecule has 1 amide bonds. The summed E-state index contributed by atoms with van der Waals surface area (Å²) in [5, 5.41) is 0. The van der Waals surface area contributed by atoms with Gasteiger partial charge in [0.25, 0.3) is 0 Å². The SMILES string of the molecule is NC(Cc1ccccc1)C(=O)N1CCC(N2CCCCC2)C1. The lowest BCUT2D eigenvalue weighted by molar-refractivity contribution is -0.131. The fourth-order valence-electron chi connectivity index (χ4n) is 3.71. The average Bonchev–Trinajstić information content (AvgIpc) is 3.06. The van der Waals surface area contributed by atoms with Crippen LogP contribution in [-0.4, -0.2) is 54.0 Å². The summed E-state index contributed by atoms with van der Waals surface area (Å²) < 4.78 is 0. The summed E-state index contributed by atoms with van der Waals surface area (Å²) in [5.74, 6) is 0.114. The number of hydrogen-bond donors (Lipinski definition) is 1. The Labute approximate surface area is 133 Å². The third-order valence-corrected chi connectivity index (χ3v) is 5.00. The topological polar surface area (TPSA) is 49.6 Å². The molecule has 3 rings (SSSR count). The summed E-state index contributed by atoms with van der Waals surface area (Å²) in [5.41, 5.74) is 7.28. The minimum Gasteiger partial charge on any atom is -0.340 e. The molecule has 1 aromatic rings. The lowest BCUT2D eigenvalue weighted by Gasteiger charge is -2.32. The van der Waals surface area contributed by atoms with Crippen LogP contribution in [0.25, 0.3) is 0 Å². The first kappa shape index (κ1) is 15.5. The molecule has 120 valence electrons. The predicted octanol–water partition coefficient (Wildman–Crippen LogP) is 1.64. The summed E-state index contributed by atoms with van der Waals surface area (Å²) in [7, 11) is 0. The van der Waals surface area contributed by atoms with Gasteiger partial charge in [-0.15, -0.1) is 0 Å². The molecule has 2 aliphatic rings. The lowest BCUT2D eigenvalue weighted by atomic mass is 10.1. The highest BCUT2D eigenvalue weighted by molar-refractivity contribution is 5.82. The zero-order chi connectivity index (χ0) is 15.4. The fraction of sp³-hybridized carbons (Fsp3) is 0.611. The van der Waals surface area contributed by atoms with E-state index in [0.29, 0.717) is 12.5 Å². The number of carbonyl (C=O) groups is 1. The van der Waals surface area contributed by atoms with Gasteiger partial charge in [0.1, 0.15) is 0 Å². The van der Waals surface area contributed by atoms with Crippen molar-refractivity contribution in [1.82, 2.24) is 9.80 Å². The molecule has 0 aliphatic carbocycles. The van der Waals surface area contributed by atoms with Crippen LogP contribution >= 0.6 is 0 Å². The molecule has 2 aliphatic heterocycles. The van der Waals surface area contributed by atoms with E-state index in [9.17, 15) is 4.79 Å². The standard InChI is InChI=1S/C18H27N3O/c19-17(13-15-7-3-1-4-8-15)18(22)21-12-9-16(14-21)20-10-5-2-6-11-20/h1,3-4,7-8,16-17H,2,5-6,9-14,19H2. The third kappa shape index (κ3) is 3.68. The molecule has 4 heteroatoms. The normalized spacial score (nSPS) is 24.4. The molecule has 22 heavy (non-hydrogen) atoms. The molecule has 2 N–H and O–H groups in total. The van der Waals surface area contributed by atoms with Crippen molar-refractivity contribution in [2.75, 3.05) is 26.2 Å². The van der Waals surface area contributed by atoms with Gasteiger partial charge in [-0.3, -0.25) is 9.69 Å². The van der Waals surface area contributed by atoms with Gasteiger partial charge in [0.2, 0.25) is 5.91 Å². The van der Waals surface area contributed by atoms with Crippen LogP contribution in [-0.2, 0) is 11.2 Å². The number of likely N-dealkylation sites (tertiary alicyclic amines) is 2. The van der Waals surface area contributed by atoms with Gasteiger partial charge in [0.15, 0.2) is 0 Å². The van der Waals surface area contributed by atoms with Crippen molar-refractivity contribution in [3.63, 3.8) is 0 Å². The van der Waals surface area contributed by atoms with Gasteiger partial charge in [-0.05, 0) is 44.3 Å². The molecule has 0 spiro atoms. The van der Waals surface area contributed by atoms with Gasteiger partial charge in [-0.25, -0.2) is 0 Å². The molecule has 0 radical (unpaired) electrons. The maximum Gasteiger partial charge on any atom is 0.239 e. The highest BCUT2D eigenvalue weighted by Gasteiger charge is 2.32. The largest absolute Gasteiger partial charge is 0.340 e. The van der Waals surface area contributed by atoms with Crippen LogP contribution in [0.2, 0.25) is 0 Å². The van der Waals surface area contributed by atoms with Crippen molar-refractivity contribution in [3.05, 3.63) is 35.9 Å². The Morgan fingerprint density at radius 2 is 1.86 bits per heavy atom. The average molecular weight is 301 g/mol. The molecule has 0 saturated carbocycles. The van der Waals surface area contributed by atoms with E-state index < -0.39 is 6.04 Å². The van der Waals surface area contributed by atoms with Crippen molar-refractivity contribution < 1.29 is 4.79 Å². The van der Waals surface area contributed by atoms with Gasteiger partial charge in [0, 0.05) is 19.1 Å². The molecule has 2 unspecified atom stereocenters. The molecule has 2 heterocycles. The third-order valence-electron chi connectivity index (χ3n) is 5.00. The number of nitrogens with two attached hydrogens (primary N) is 1. The molecule has 2 atom stereocenters. The monoisotopic (exact) mass is 301 g/mol. The van der Waals surface area contributed by atoms with E-state index in [1.165, 1.54) is 32.4 Å². The van der Waals surface area contributed by atoms with E-state index in [0.717, 1.165) is 25.1 Å². The van der Waals surface area contributed by atoms with E-state index in [2.05, 4.69) is 4.90 Å². The van der Waals surface area contributed by atoms with Crippen molar-refractivity contribution in [2.45, 2.75) is 44.2 Å². The Balaban J connectivity index is 1.52. The molecule has 2 saturated heterocycles. The van der Waals surface area contributed by atoms with E-state index in [4.69, 9.17) is 5.73 Å². The Morgan fingerprint density at radius 3 is 2.59 bits per heavy atom. The van der Waals surface area contributed by atoms with Crippen LogP contribution in [0.3, 0.4) is 0 Å². The Kier molecular flexibility index (Phi) is 5.11. The first-order valence-corrected chi connectivity index (χ1v) is 8.56. The molecule has 0 bridgehead atoms. The summed E-state index contributed by atoms with van der Waals surface area (Å²) in [6.07, 6.45) is 5.69. The molecule has 2 fully saturated rings. The van der Waals surface area contributed by atoms with E-state index >= 15 is 0 Å². The number of amides is 1. The number of rotatable bonds is 4. The number of carbonyl (C=O) groups excluding carboxylic acids is 1. The fourth-order valence-corrected chi connectivity index (χ4v) is 3.71. The highest BCUT2D eigenvalue weighted by atomic mass is 16.2. The van der Waals surface area contributed by atoms with Gasteiger partial charge in [-0.1, -0.05) is 36.8 Å². The second-order valence-electron chi connectivity index (χ2n) is 6.62. The summed E-state index contributed by atoms with van der Waals surface area (Å²) in [6, 6.07) is 10.2. The zero-order valence-corrected chi connectivity index (χ0v) is 13.3. The van der Waals surface area contributed by atoms with Crippen LogP contribution in [0, 0.1) is 0 Å². The summed E-state index contributed by atoms with van der Waals surface area (Å²) in [6.45, 7) is 4.12. The Bertz CT molecular complexity index is 484. The second-order valence-corrected chi connectivity index (χ2v) is 6.62. The highest BCUT2D eigenvalue weighted by Crippen LogP contribution is 2.20. The number of hydrogen-bond acceptors (Lipinski definition) is 3. The molecule has 1 aromatic carbocycles. The molecular weight excluding hydrogens is 274 g/mol. The first-order valence-electron chi connectivity index (χ1n) is 8.56. The van der Waals surface area contributed by atoms with Crippen LogP contribution in [0.1, 0.15) is 31.2 Å². The molecule has 0 aromatic heterocycles. The zero-order valence-electron chi connectivity index (χ0n) is 13.3. The second kappa shape index (κ2) is 7.25. The summed E-state index contributed by atoms with van der Waals surface area (Å²) >= 11 is 0. The van der Waals surface area contributed by atoms with Crippen molar-refractivity contribution in [3.8, 4) is 0 Å². The van der Waals surface area contributed by atoms with Gasteiger partial charge < -0.3 is 10.6 Å². The van der Waals surface area contributed by atoms with E-state index in [1.54, 1.807) is 0 Å². The summed E-state index contributed by atoms with van der Waals surface area (Å²) in [4.78, 5) is 17.1. The predicted molar refractivity (Wildman–Crippen MR) is 88.5 cm³/mol. The van der Waals surface area contributed by atoms with Crippen LogP contribution in [0.15, 0.2) is 30.3 Å².